The van der Waals surface area contributed by atoms with E-state index in [1.807, 2.05) is 4.68 Å². The Hall–Kier alpha value is -1.01. The molecule has 1 aromatic heterocycles. The van der Waals surface area contributed by atoms with E-state index in [0.717, 1.165) is 44.3 Å². The third-order valence-electron chi connectivity index (χ3n) is 3.42. The van der Waals surface area contributed by atoms with Crippen LogP contribution in [0.15, 0.2) is 0 Å². The molecule has 0 amide bonds. The number of piperidine rings is 1. The Labute approximate surface area is 102 Å². The molecule has 2 N–H and O–H groups in total. The fourth-order valence-electron chi connectivity index (χ4n) is 2.17. The quantitative estimate of drug-likeness (QED) is 0.796. The maximum Gasteiger partial charge on any atom is 0.165 e. The molecule has 2 rings (SSSR count). The lowest BCUT2D eigenvalue weighted by Gasteiger charge is -2.29. The highest BCUT2D eigenvalue weighted by Crippen LogP contribution is 2.17. The van der Waals surface area contributed by atoms with Crippen LogP contribution in [0.4, 0.5) is 0 Å². The van der Waals surface area contributed by atoms with Crippen molar-refractivity contribution in [2.45, 2.75) is 39.3 Å². The minimum absolute atomic E-state index is 0.681. The van der Waals surface area contributed by atoms with Gasteiger partial charge in [-0.15, -0.1) is 5.10 Å². The maximum absolute atomic E-state index is 5.50. The maximum atomic E-state index is 5.50. The van der Waals surface area contributed by atoms with Gasteiger partial charge in [0.25, 0.3) is 0 Å². The molecule has 6 heteroatoms. The highest BCUT2D eigenvalue weighted by Gasteiger charge is 2.18. The molecule has 0 aromatic carbocycles. The molecule has 0 spiro atoms. The number of likely N-dealkylation sites (tertiary alicyclic amines) is 1. The lowest BCUT2D eigenvalue weighted by Crippen LogP contribution is -2.33. The van der Waals surface area contributed by atoms with E-state index in [9.17, 15) is 0 Å². The Morgan fingerprint density at radius 1 is 1.35 bits per heavy atom. The van der Waals surface area contributed by atoms with Crippen molar-refractivity contribution in [2.75, 3.05) is 19.6 Å². The van der Waals surface area contributed by atoms with Crippen molar-refractivity contribution < 1.29 is 0 Å². The van der Waals surface area contributed by atoms with Crippen LogP contribution in [0.3, 0.4) is 0 Å². The van der Waals surface area contributed by atoms with Crippen molar-refractivity contribution in [3.05, 3.63) is 5.82 Å². The monoisotopic (exact) mass is 238 g/mol. The van der Waals surface area contributed by atoms with Crippen LogP contribution in [-0.2, 0) is 13.1 Å². The van der Waals surface area contributed by atoms with Crippen molar-refractivity contribution in [1.29, 1.82) is 0 Å². The summed E-state index contributed by atoms with van der Waals surface area (Å²) in [6, 6.07) is 0. The van der Waals surface area contributed by atoms with Gasteiger partial charge in [-0.05, 0) is 55.2 Å². The number of tetrazole rings is 1. The molecule has 1 aliphatic rings. The Morgan fingerprint density at radius 2 is 2.12 bits per heavy atom. The predicted octanol–water partition coefficient (Wildman–Crippen LogP) is 0.254. The van der Waals surface area contributed by atoms with Gasteiger partial charge in [-0.2, -0.15) is 0 Å². The summed E-state index contributed by atoms with van der Waals surface area (Å²) in [7, 11) is 0. The molecule has 1 fully saturated rings. The topological polar surface area (TPSA) is 72.9 Å². The van der Waals surface area contributed by atoms with Gasteiger partial charge in [-0.1, -0.05) is 6.92 Å². The largest absolute Gasteiger partial charge is 0.330 e. The minimum Gasteiger partial charge on any atom is -0.330 e. The molecule has 17 heavy (non-hydrogen) atoms. The standard InChI is InChI=1S/C11H22N6/c1-10-3-7-16(8-4-10)9-11-13-14-15-17(11)6-2-5-12/h10H,2-9,12H2,1H3. The van der Waals surface area contributed by atoms with Gasteiger partial charge < -0.3 is 5.73 Å². The number of aryl methyl sites for hydroxylation is 1. The van der Waals surface area contributed by atoms with Crippen molar-refractivity contribution in [3.63, 3.8) is 0 Å². The Kier molecular flexibility index (Phi) is 4.44. The Bertz CT molecular complexity index is 328. The molecular formula is C11H22N6. The molecule has 0 atom stereocenters. The van der Waals surface area contributed by atoms with E-state index in [2.05, 4.69) is 27.3 Å². The minimum atomic E-state index is 0.681. The molecule has 2 heterocycles. The number of rotatable bonds is 5. The summed E-state index contributed by atoms with van der Waals surface area (Å²) >= 11 is 0. The predicted molar refractivity (Wildman–Crippen MR) is 65.2 cm³/mol. The summed E-state index contributed by atoms with van der Waals surface area (Å²) in [5.41, 5.74) is 5.50. The summed E-state index contributed by atoms with van der Waals surface area (Å²) in [4.78, 5) is 2.44. The normalized spacial score (nSPS) is 18.7. The fraction of sp³-hybridized carbons (Fsp3) is 0.909. The number of nitrogens with two attached hydrogens (primary N) is 1. The molecule has 1 aliphatic heterocycles. The molecular weight excluding hydrogens is 216 g/mol. The molecule has 0 bridgehead atoms. The zero-order valence-corrected chi connectivity index (χ0v) is 10.5. The third kappa shape index (κ3) is 3.47. The smallest absolute Gasteiger partial charge is 0.165 e. The molecule has 6 nitrogen and oxygen atoms in total. The second-order valence-corrected chi connectivity index (χ2v) is 4.92. The van der Waals surface area contributed by atoms with E-state index in [1.165, 1.54) is 12.8 Å². The van der Waals surface area contributed by atoms with Gasteiger partial charge in [0.15, 0.2) is 5.82 Å². The summed E-state index contributed by atoms with van der Waals surface area (Å²) in [6.45, 7) is 7.01. The van der Waals surface area contributed by atoms with Crippen LogP contribution in [0.1, 0.15) is 32.0 Å². The second-order valence-electron chi connectivity index (χ2n) is 4.92. The van der Waals surface area contributed by atoms with Crippen LogP contribution >= 0.6 is 0 Å². The average molecular weight is 238 g/mol. The average Bonchev–Trinajstić information content (AvgIpc) is 2.77. The molecule has 0 unspecified atom stereocenters. The molecule has 0 aliphatic carbocycles. The van der Waals surface area contributed by atoms with Gasteiger partial charge in [0.1, 0.15) is 0 Å². The number of hydrogen-bond donors (Lipinski definition) is 1. The van der Waals surface area contributed by atoms with Crippen LogP contribution in [0.2, 0.25) is 0 Å². The third-order valence-corrected chi connectivity index (χ3v) is 3.42. The first-order valence-electron chi connectivity index (χ1n) is 6.47. The highest BCUT2D eigenvalue weighted by atomic mass is 15.5. The highest BCUT2D eigenvalue weighted by molar-refractivity contribution is 4.83. The van der Waals surface area contributed by atoms with E-state index in [1.54, 1.807) is 0 Å². The second kappa shape index (κ2) is 6.07. The van der Waals surface area contributed by atoms with E-state index in [4.69, 9.17) is 5.73 Å². The first kappa shape index (κ1) is 12.4. The SMILES string of the molecule is CC1CCN(Cc2nnnn2CCCN)CC1. The van der Waals surface area contributed by atoms with Crippen LogP contribution in [0.5, 0.6) is 0 Å². The van der Waals surface area contributed by atoms with Crippen LogP contribution < -0.4 is 5.73 Å². The van der Waals surface area contributed by atoms with Crippen molar-refractivity contribution in [2.24, 2.45) is 11.7 Å². The van der Waals surface area contributed by atoms with Gasteiger partial charge in [0.2, 0.25) is 0 Å². The van der Waals surface area contributed by atoms with E-state index in [0.29, 0.717) is 6.54 Å². The van der Waals surface area contributed by atoms with Gasteiger partial charge in [-0.25, -0.2) is 4.68 Å². The lowest BCUT2D eigenvalue weighted by molar-refractivity contribution is 0.178. The van der Waals surface area contributed by atoms with Gasteiger partial charge in [-0.3, -0.25) is 4.90 Å². The number of nitrogens with zero attached hydrogens (tertiary/aromatic N) is 5. The summed E-state index contributed by atoms with van der Waals surface area (Å²) in [5, 5.41) is 11.9. The van der Waals surface area contributed by atoms with Gasteiger partial charge >= 0.3 is 0 Å². The number of hydrogen-bond acceptors (Lipinski definition) is 5. The van der Waals surface area contributed by atoms with Crippen molar-refractivity contribution in [1.82, 2.24) is 25.1 Å². The van der Waals surface area contributed by atoms with Gasteiger partial charge in [0.05, 0.1) is 6.54 Å². The lowest BCUT2D eigenvalue weighted by atomic mass is 9.99. The first-order chi connectivity index (χ1) is 8.29. The van der Waals surface area contributed by atoms with Crippen LogP contribution in [0.25, 0.3) is 0 Å². The Balaban J connectivity index is 1.87. The molecule has 96 valence electrons. The van der Waals surface area contributed by atoms with Crippen molar-refractivity contribution in [3.8, 4) is 0 Å². The van der Waals surface area contributed by atoms with E-state index in [-0.39, 0.29) is 0 Å². The fourth-order valence-corrected chi connectivity index (χ4v) is 2.17. The van der Waals surface area contributed by atoms with Crippen molar-refractivity contribution >= 4 is 0 Å². The van der Waals surface area contributed by atoms with E-state index < -0.39 is 0 Å². The molecule has 0 radical (unpaired) electrons. The zero-order valence-electron chi connectivity index (χ0n) is 10.5. The van der Waals surface area contributed by atoms with Crippen LogP contribution in [0, 0.1) is 5.92 Å². The number of aromatic nitrogens is 4. The summed E-state index contributed by atoms with van der Waals surface area (Å²) in [6.07, 6.45) is 3.49. The van der Waals surface area contributed by atoms with Gasteiger partial charge in [0, 0.05) is 6.54 Å². The summed E-state index contributed by atoms with van der Waals surface area (Å²) in [5.74, 6) is 1.83. The molecule has 0 saturated carbocycles. The summed E-state index contributed by atoms with van der Waals surface area (Å²) < 4.78 is 1.88. The molecule has 1 saturated heterocycles. The van der Waals surface area contributed by atoms with E-state index >= 15 is 0 Å². The molecule has 1 aromatic rings. The zero-order chi connectivity index (χ0) is 12.1. The first-order valence-corrected chi connectivity index (χ1v) is 6.47. The Morgan fingerprint density at radius 3 is 2.82 bits per heavy atom. The van der Waals surface area contributed by atoms with Crippen LogP contribution in [-0.4, -0.2) is 44.7 Å².